The van der Waals surface area contributed by atoms with E-state index in [4.69, 9.17) is 4.74 Å². The van der Waals surface area contributed by atoms with E-state index in [2.05, 4.69) is 24.2 Å². The number of rotatable bonds is 6. The van der Waals surface area contributed by atoms with E-state index in [9.17, 15) is 9.59 Å². The maximum absolute atomic E-state index is 11.8. The van der Waals surface area contributed by atoms with Crippen LogP contribution in [0.2, 0.25) is 0 Å². The Morgan fingerprint density at radius 1 is 1.35 bits per heavy atom. The molecule has 0 N–H and O–H groups in total. The number of ether oxygens (including phenoxy) is 1. The largest absolute Gasteiger partial charge is 0.458 e. The summed E-state index contributed by atoms with van der Waals surface area (Å²) < 4.78 is 6.59. The fraction of sp³-hybridized carbons (Fsp3) is 0.692. The second kappa shape index (κ2) is 7.02. The van der Waals surface area contributed by atoms with Crippen molar-refractivity contribution in [3.63, 3.8) is 0 Å². The Morgan fingerprint density at radius 2 is 2.00 bits per heavy atom. The number of esters is 1. The summed E-state index contributed by atoms with van der Waals surface area (Å²) in [7, 11) is 3.31. The van der Waals surface area contributed by atoms with Gasteiger partial charge in [0.2, 0.25) is 5.91 Å². The van der Waals surface area contributed by atoms with Crippen LogP contribution in [0.3, 0.4) is 0 Å². The van der Waals surface area contributed by atoms with Gasteiger partial charge in [-0.1, -0.05) is 19.1 Å². The van der Waals surface area contributed by atoms with Gasteiger partial charge in [0.1, 0.15) is 6.54 Å². The highest BCUT2D eigenvalue weighted by Crippen LogP contribution is 2.09. The van der Waals surface area contributed by atoms with E-state index in [0.29, 0.717) is 5.92 Å². The van der Waals surface area contributed by atoms with Crippen LogP contribution in [0.15, 0.2) is 6.20 Å². The van der Waals surface area contributed by atoms with Gasteiger partial charge >= 0.3 is 5.97 Å². The Labute approximate surface area is 118 Å². The Balaban J connectivity index is 2.58. The first-order valence-corrected chi connectivity index (χ1v) is 6.60. The summed E-state index contributed by atoms with van der Waals surface area (Å²) in [5.41, 5.74) is 0.118. The minimum atomic E-state index is -0.512. The quantitative estimate of drug-likeness (QED) is 0.726. The van der Waals surface area contributed by atoms with Gasteiger partial charge in [0, 0.05) is 14.1 Å². The van der Waals surface area contributed by atoms with Gasteiger partial charge in [-0.3, -0.25) is 4.79 Å². The highest BCUT2D eigenvalue weighted by Gasteiger charge is 2.17. The molecule has 1 atom stereocenters. The molecule has 7 nitrogen and oxygen atoms in total. The summed E-state index contributed by atoms with van der Waals surface area (Å²) >= 11 is 0. The highest BCUT2D eigenvalue weighted by atomic mass is 16.5. The lowest BCUT2D eigenvalue weighted by molar-refractivity contribution is -0.129. The minimum absolute atomic E-state index is 0.0504. The lowest BCUT2D eigenvalue weighted by atomic mass is 10.1. The first kappa shape index (κ1) is 16.1. The molecular formula is C13H22N4O3. The molecule has 1 rings (SSSR count). The summed E-state index contributed by atoms with van der Waals surface area (Å²) in [4.78, 5) is 24.8. The number of carbonyl (C=O) groups excluding carboxylic acids is 2. The van der Waals surface area contributed by atoms with E-state index in [-0.39, 0.29) is 24.2 Å². The molecule has 0 bridgehead atoms. The number of aromatic nitrogens is 3. The van der Waals surface area contributed by atoms with Crippen LogP contribution >= 0.6 is 0 Å². The smallest absolute Gasteiger partial charge is 0.360 e. The van der Waals surface area contributed by atoms with Crippen molar-refractivity contribution in [2.45, 2.75) is 39.8 Å². The van der Waals surface area contributed by atoms with Crippen molar-refractivity contribution in [3.8, 4) is 0 Å². The first-order valence-electron chi connectivity index (χ1n) is 6.60. The average molecular weight is 282 g/mol. The van der Waals surface area contributed by atoms with Crippen molar-refractivity contribution in [1.29, 1.82) is 0 Å². The average Bonchev–Trinajstić information content (AvgIpc) is 2.76. The molecule has 0 aliphatic rings. The molecule has 0 aromatic carbocycles. The number of hydrogen-bond acceptors (Lipinski definition) is 5. The van der Waals surface area contributed by atoms with Crippen LogP contribution in [-0.4, -0.2) is 52.0 Å². The fourth-order valence-corrected chi connectivity index (χ4v) is 1.70. The second-order valence-electron chi connectivity index (χ2n) is 5.44. The van der Waals surface area contributed by atoms with Gasteiger partial charge < -0.3 is 9.64 Å². The maximum Gasteiger partial charge on any atom is 0.360 e. The van der Waals surface area contributed by atoms with Crippen LogP contribution in [0.4, 0.5) is 0 Å². The van der Waals surface area contributed by atoms with E-state index in [1.807, 2.05) is 6.92 Å². The molecule has 0 saturated carbocycles. The zero-order valence-electron chi connectivity index (χ0n) is 12.7. The zero-order chi connectivity index (χ0) is 15.3. The van der Waals surface area contributed by atoms with Crippen molar-refractivity contribution < 1.29 is 14.3 Å². The molecule has 0 fully saturated rings. The Bertz CT molecular complexity index is 468. The standard InChI is InChI=1S/C13H22N4O3/c1-9(2)6-10(3)20-13(19)11-7-17(15-14-11)8-12(18)16(4)5/h7,9-10H,6,8H2,1-5H3/t10-/m1/s1. The van der Waals surface area contributed by atoms with Crippen LogP contribution in [0.5, 0.6) is 0 Å². The number of carbonyl (C=O) groups is 2. The molecule has 0 aliphatic carbocycles. The third-order valence-electron chi connectivity index (χ3n) is 2.66. The summed E-state index contributed by atoms with van der Waals surface area (Å²) in [5.74, 6) is -0.184. The third-order valence-corrected chi connectivity index (χ3v) is 2.66. The molecule has 1 heterocycles. The number of amides is 1. The summed E-state index contributed by atoms with van der Waals surface area (Å²) in [6.45, 7) is 6.02. The number of nitrogens with zero attached hydrogens (tertiary/aromatic N) is 4. The molecule has 20 heavy (non-hydrogen) atoms. The molecule has 0 saturated heterocycles. The monoisotopic (exact) mass is 282 g/mol. The SMILES string of the molecule is CC(C)C[C@@H](C)OC(=O)c1cn(CC(=O)N(C)C)nn1. The Morgan fingerprint density at radius 3 is 2.55 bits per heavy atom. The van der Waals surface area contributed by atoms with E-state index < -0.39 is 5.97 Å². The Kier molecular flexibility index (Phi) is 5.66. The van der Waals surface area contributed by atoms with E-state index in [1.165, 1.54) is 15.8 Å². The number of likely N-dealkylation sites (N-methyl/N-ethyl adjacent to an activating group) is 1. The van der Waals surface area contributed by atoms with E-state index in [0.717, 1.165) is 6.42 Å². The Hall–Kier alpha value is -1.92. The topological polar surface area (TPSA) is 77.3 Å². The summed E-state index contributed by atoms with van der Waals surface area (Å²) in [5, 5.41) is 7.47. The van der Waals surface area contributed by atoms with Crippen molar-refractivity contribution in [1.82, 2.24) is 19.9 Å². The van der Waals surface area contributed by atoms with E-state index >= 15 is 0 Å². The predicted octanol–water partition coefficient (Wildman–Crippen LogP) is 0.958. The van der Waals surface area contributed by atoms with Crippen molar-refractivity contribution >= 4 is 11.9 Å². The lowest BCUT2D eigenvalue weighted by Gasteiger charge is -2.13. The van der Waals surface area contributed by atoms with Crippen molar-refractivity contribution in [2.24, 2.45) is 5.92 Å². The molecule has 1 amide bonds. The van der Waals surface area contributed by atoms with Gasteiger partial charge in [0.25, 0.3) is 0 Å². The third kappa shape index (κ3) is 4.99. The maximum atomic E-state index is 11.8. The molecular weight excluding hydrogens is 260 g/mol. The number of hydrogen-bond donors (Lipinski definition) is 0. The lowest BCUT2D eigenvalue weighted by Crippen LogP contribution is -2.26. The van der Waals surface area contributed by atoms with Crippen LogP contribution in [0.25, 0.3) is 0 Å². The van der Waals surface area contributed by atoms with Gasteiger partial charge in [0.15, 0.2) is 5.69 Å². The molecule has 1 aromatic rings. The summed E-state index contributed by atoms with van der Waals surface area (Å²) in [6, 6.07) is 0. The van der Waals surface area contributed by atoms with Crippen molar-refractivity contribution in [3.05, 3.63) is 11.9 Å². The molecule has 7 heteroatoms. The van der Waals surface area contributed by atoms with Gasteiger partial charge in [-0.25, -0.2) is 9.48 Å². The highest BCUT2D eigenvalue weighted by molar-refractivity contribution is 5.87. The molecule has 112 valence electrons. The molecule has 0 aliphatic heterocycles. The zero-order valence-corrected chi connectivity index (χ0v) is 12.7. The van der Waals surface area contributed by atoms with Gasteiger partial charge in [-0.05, 0) is 19.3 Å². The van der Waals surface area contributed by atoms with Crippen molar-refractivity contribution in [2.75, 3.05) is 14.1 Å². The molecule has 0 radical (unpaired) electrons. The van der Waals surface area contributed by atoms with Crippen LogP contribution in [0.1, 0.15) is 37.7 Å². The fourth-order valence-electron chi connectivity index (χ4n) is 1.70. The van der Waals surface area contributed by atoms with Gasteiger partial charge in [0.05, 0.1) is 12.3 Å². The van der Waals surface area contributed by atoms with Crippen LogP contribution < -0.4 is 0 Å². The van der Waals surface area contributed by atoms with E-state index in [1.54, 1.807) is 14.1 Å². The van der Waals surface area contributed by atoms with Gasteiger partial charge in [-0.15, -0.1) is 5.10 Å². The van der Waals surface area contributed by atoms with Gasteiger partial charge in [-0.2, -0.15) is 0 Å². The first-order chi connectivity index (χ1) is 9.29. The summed E-state index contributed by atoms with van der Waals surface area (Å²) in [6.07, 6.45) is 2.04. The molecule has 0 unspecified atom stereocenters. The predicted molar refractivity (Wildman–Crippen MR) is 73.0 cm³/mol. The molecule has 0 spiro atoms. The minimum Gasteiger partial charge on any atom is -0.458 e. The van der Waals surface area contributed by atoms with Crippen LogP contribution in [-0.2, 0) is 16.1 Å². The molecule has 1 aromatic heterocycles. The normalized spacial score (nSPS) is 12.3. The van der Waals surface area contributed by atoms with Crippen LogP contribution in [0, 0.1) is 5.92 Å². The second-order valence-corrected chi connectivity index (χ2v) is 5.44.